The Bertz CT molecular complexity index is 502. The highest BCUT2D eigenvalue weighted by molar-refractivity contribution is 6.42. The van der Waals surface area contributed by atoms with E-state index in [0.29, 0.717) is 28.9 Å². The Balaban J connectivity index is 0.00000242. The summed E-state index contributed by atoms with van der Waals surface area (Å²) in [5.74, 6) is 0.663. The fraction of sp³-hybridized carbons (Fsp3) is 0.562. The number of anilines is 1. The van der Waals surface area contributed by atoms with Crippen molar-refractivity contribution in [1.82, 2.24) is 4.90 Å². The first-order valence-corrected chi connectivity index (χ1v) is 8.20. The molecule has 0 aromatic heterocycles. The average molecular weight is 366 g/mol. The molecule has 1 aliphatic rings. The molecule has 1 aromatic carbocycles. The Labute approximate surface area is 149 Å². The van der Waals surface area contributed by atoms with Gasteiger partial charge >= 0.3 is 0 Å². The van der Waals surface area contributed by atoms with Crippen LogP contribution in [0.15, 0.2) is 18.2 Å². The van der Waals surface area contributed by atoms with Crippen molar-refractivity contribution in [2.45, 2.75) is 26.2 Å². The summed E-state index contributed by atoms with van der Waals surface area (Å²) in [6.07, 6.45) is 2.81. The standard InChI is InChI=1S/C16H22Cl2N2O.ClH/c1-3-20(13-4-5-14(17)15(18)11-13)16(21)10-12-6-8-19(2)9-7-12;/h4-5,11-12H,3,6-10H2,1-2H3;1H. The second-order valence-electron chi connectivity index (χ2n) is 5.69. The largest absolute Gasteiger partial charge is 0.313 e. The van der Waals surface area contributed by atoms with Gasteiger partial charge in [-0.05, 0) is 64.0 Å². The predicted molar refractivity (Wildman–Crippen MR) is 96.6 cm³/mol. The first-order chi connectivity index (χ1) is 10.0. The minimum Gasteiger partial charge on any atom is -0.313 e. The number of halogens is 3. The zero-order chi connectivity index (χ0) is 15.4. The van der Waals surface area contributed by atoms with Gasteiger partial charge in [0, 0.05) is 18.7 Å². The number of amides is 1. The molecule has 1 heterocycles. The molecule has 0 atom stereocenters. The third-order valence-electron chi connectivity index (χ3n) is 4.13. The lowest BCUT2D eigenvalue weighted by Crippen LogP contribution is -2.36. The monoisotopic (exact) mass is 364 g/mol. The van der Waals surface area contributed by atoms with E-state index in [0.717, 1.165) is 31.6 Å². The normalized spacial score (nSPS) is 16.2. The fourth-order valence-electron chi connectivity index (χ4n) is 2.78. The van der Waals surface area contributed by atoms with Crippen LogP contribution in [-0.4, -0.2) is 37.5 Å². The minimum atomic E-state index is 0. The van der Waals surface area contributed by atoms with Crippen LogP contribution in [0, 0.1) is 5.92 Å². The van der Waals surface area contributed by atoms with E-state index in [9.17, 15) is 4.79 Å². The lowest BCUT2D eigenvalue weighted by Gasteiger charge is -2.30. The number of hydrogen-bond donors (Lipinski definition) is 0. The molecule has 1 fully saturated rings. The average Bonchev–Trinajstić information content (AvgIpc) is 2.46. The second kappa shape index (κ2) is 8.97. The number of rotatable bonds is 4. The van der Waals surface area contributed by atoms with E-state index < -0.39 is 0 Å². The molecule has 1 saturated heterocycles. The molecular weight excluding hydrogens is 343 g/mol. The Kier molecular flexibility index (Phi) is 7.98. The van der Waals surface area contributed by atoms with E-state index >= 15 is 0 Å². The van der Waals surface area contributed by atoms with Crippen molar-refractivity contribution >= 4 is 47.2 Å². The van der Waals surface area contributed by atoms with E-state index in [1.807, 2.05) is 13.0 Å². The molecule has 0 bridgehead atoms. The number of nitrogens with zero attached hydrogens (tertiary/aromatic N) is 2. The van der Waals surface area contributed by atoms with Gasteiger partial charge in [0.25, 0.3) is 0 Å². The van der Waals surface area contributed by atoms with Crippen molar-refractivity contribution in [2.24, 2.45) is 5.92 Å². The van der Waals surface area contributed by atoms with E-state index in [-0.39, 0.29) is 18.3 Å². The summed E-state index contributed by atoms with van der Waals surface area (Å²) in [5.41, 5.74) is 0.824. The molecule has 3 nitrogen and oxygen atoms in total. The molecule has 1 aliphatic heterocycles. The van der Waals surface area contributed by atoms with Gasteiger partial charge < -0.3 is 9.80 Å². The van der Waals surface area contributed by atoms with Crippen LogP contribution in [0.3, 0.4) is 0 Å². The van der Waals surface area contributed by atoms with Crippen molar-refractivity contribution in [3.63, 3.8) is 0 Å². The van der Waals surface area contributed by atoms with E-state index in [4.69, 9.17) is 23.2 Å². The maximum atomic E-state index is 12.6. The second-order valence-corrected chi connectivity index (χ2v) is 6.50. The summed E-state index contributed by atoms with van der Waals surface area (Å²) in [5, 5.41) is 0.999. The van der Waals surface area contributed by atoms with Crippen molar-refractivity contribution in [3.8, 4) is 0 Å². The molecule has 0 saturated carbocycles. The van der Waals surface area contributed by atoms with E-state index in [1.54, 1.807) is 17.0 Å². The molecular formula is C16H23Cl3N2O. The topological polar surface area (TPSA) is 23.6 Å². The van der Waals surface area contributed by atoms with Crippen LogP contribution in [0.1, 0.15) is 26.2 Å². The van der Waals surface area contributed by atoms with Gasteiger partial charge in [0.05, 0.1) is 10.0 Å². The smallest absolute Gasteiger partial charge is 0.227 e. The maximum absolute atomic E-state index is 12.6. The molecule has 22 heavy (non-hydrogen) atoms. The highest BCUT2D eigenvalue weighted by atomic mass is 35.5. The van der Waals surface area contributed by atoms with Gasteiger partial charge in [0.2, 0.25) is 5.91 Å². The van der Waals surface area contributed by atoms with Crippen LogP contribution >= 0.6 is 35.6 Å². The first-order valence-electron chi connectivity index (χ1n) is 7.45. The summed E-state index contributed by atoms with van der Waals surface area (Å²) in [4.78, 5) is 16.7. The highest BCUT2D eigenvalue weighted by Crippen LogP contribution is 2.28. The summed E-state index contributed by atoms with van der Waals surface area (Å²) >= 11 is 12.0. The van der Waals surface area contributed by atoms with Gasteiger partial charge in [-0.3, -0.25) is 4.79 Å². The Morgan fingerprint density at radius 1 is 1.27 bits per heavy atom. The summed E-state index contributed by atoms with van der Waals surface area (Å²) in [6.45, 7) is 4.78. The van der Waals surface area contributed by atoms with Crippen LogP contribution in [-0.2, 0) is 4.79 Å². The summed E-state index contributed by atoms with van der Waals surface area (Å²) < 4.78 is 0. The van der Waals surface area contributed by atoms with Crippen LogP contribution in [0.2, 0.25) is 10.0 Å². The molecule has 0 N–H and O–H groups in total. The first kappa shape index (κ1) is 19.6. The Hall–Kier alpha value is -0.480. The number of carbonyl (C=O) groups excluding carboxylic acids is 1. The number of hydrogen-bond acceptors (Lipinski definition) is 2. The van der Waals surface area contributed by atoms with Gasteiger partial charge in [0.1, 0.15) is 0 Å². The summed E-state index contributed by atoms with van der Waals surface area (Å²) in [6, 6.07) is 5.36. The fourth-order valence-corrected chi connectivity index (χ4v) is 3.07. The quantitative estimate of drug-likeness (QED) is 0.784. The Morgan fingerprint density at radius 2 is 1.91 bits per heavy atom. The van der Waals surface area contributed by atoms with Crippen LogP contribution in [0.4, 0.5) is 5.69 Å². The molecule has 0 spiro atoms. The van der Waals surface area contributed by atoms with Gasteiger partial charge in [-0.25, -0.2) is 0 Å². The molecule has 0 aliphatic carbocycles. The van der Waals surface area contributed by atoms with E-state index in [1.165, 1.54) is 0 Å². The number of piperidine rings is 1. The molecule has 6 heteroatoms. The molecule has 0 unspecified atom stereocenters. The third-order valence-corrected chi connectivity index (χ3v) is 4.87. The zero-order valence-electron chi connectivity index (χ0n) is 13.0. The van der Waals surface area contributed by atoms with Crippen molar-refractivity contribution in [1.29, 1.82) is 0 Å². The molecule has 0 radical (unpaired) electrons. The van der Waals surface area contributed by atoms with Gasteiger partial charge in [0.15, 0.2) is 0 Å². The van der Waals surface area contributed by atoms with Crippen LogP contribution in [0.5, 0.6) is 0 Å². The van der Waals surface area contributed by atoms with E-state index in [2.05, 4.69) is 11.9 Å². The summed E-state index contributed by atoms with van der Waals surface area (Å²) in [7, 11) is 2.13. The minimum absolute atomic E-state index is 0. The molecule has 124 valence electrons. The third kappa shape index (κ3) is 5.02. The van der Waals surface area contributed by atoms with Crippen LogP contribution in [0.25, 0.3) is 0 Å². The predicted octanol–water partition coefficient (Wildman–Crippen LogP) is 4.50. The van der Waals surface area contributed by atoms with Gasteiger partial charge in [-0.1, -0.05) is 23.2 Å². The number of likely N-dealkylation sites (tertiary alicyclic amines) is 1. The Morgan fingerprint density at radius 3 is 2.45 bits per heavy atom. The van der Waals surface area contributed by atoms with Crippen LogP contribution < -0.4 is 4.90 Å². The van der Waals surface area contributed by atoms with Crippen molar-refractivity contribution in [2.75, 3.05) is 31.6 Å². The SMILES string of the molecule is CCN(C(=O)CC1CCN(C)CC1)c1ccc(Cl)c(Cl)c1.Cl. The number of carbonyl (C=O) groups is 1. The molecule has 2 rings (SSSR count). The lowest BCUT2D eigenvalue weighted by molar-refractivity contribution is -0.119. The lowest BCUT2D eigenvalue weighted by atomic mass is 9.93. The highest BCUT2D eigenvalue weighted by Gasteiger charge is 2.23. The van der Waals surface area contributed by atoms with Crippen molar-refractivity contribution in [3.05, 3.63) is 28.2 Å². The number of benzene rings is 1. The zero-order valence-corrected chi connectivity index (χ0v) is 15.3. The van der Waals surface area contributed by atoms with Gasteiger partial charge in [-0.15, -0.1) is 12.4 Å². The molecule has 1 amide bonds. The maximum Gasteiger partial charge on any atom is 0.227 e. The molecule has 1 aromatic rings. The van der Waals surface area contributed by atoms with Gasteiger partial charge in [-0.2, -0.15) is 0 Å². The van der Waals surface area contributed by atoms with Crippen molar-refractivity contribution < 1.29 is 4.79 Å².